The van der Waals surface area contributed by atoms with E-state index in [2.05, 4.69) is 162 Å². The maximum atomic E-state index is 5.35. The first kappa shape index (κ1) is 32.1. The summed E-state index contributed by atoms with van der Waals surface area (Å²) in [7, 11) is 0. The van der Waals surface area contributed by atoms with E-state index in [9.17, 15) is 0 Å². The summed E-state index contributed by atoms with van der Waals surface area (Å²) >= 11 is 1.83. The van der Waals surface area contributed by atoms with Gasteiger partial charge in [0, 0.05) is 37.4 Å². The molecule has 4 nitrogen and oxygen atoms in total. The van der Waals surface area contributed by atoms with Gasteiger partial charge in [0.05, 0.1) is 21.1 Å². The molecule has 3 aromatic heterocycles. The first-order chi connectivity index (χ1) is 28.3. The summed E-state index contributed by atoms with van der Waals surface area (Å²) in [5.74, 6) is 1.85. The number of hydrogen-bond acceptors (Lipinski definition) is 4. The van der Waals surface area contributed by atoms with Crippen LogP contribution in [0.5, 0.6) is 0 Å². The Balaban J connectivity index is 1.24. The second-order valence-electron chi connectivity index (χ2n) is 14.7. The Labute approximate surface area is 333 Å². The van der Waals surface area contributed by atoms with E-state index >= 15 is 0 Å². The number of benzene rings is 8. The third kappa shape index (κ3) is 4.64. The molecule has 0 amide bonds. The van der Waals surface area contributed by atoms with Crippen molar-refractivity contribution in [2.45, 2.75) is 5.41 Å². The van der Waals surface area contributed by atoms with Crippen molar-refractivity contribution in [3.05, 3.63) is 216 Å². The van der Waals surface area contributed by atoms with Gasteiger partial charge in [0.15, 0.2) is 11.6 Å². The first-order valence-electron chi connectivity index (χ1n) is 19.3. The molecular weight excluding hydrogens is 713 g/mol. The molecule has 0 atom stereocenters. The van der Waals surface area contributed by atoms with Gasteiger partial charge in [-0.2, -0.15) is 9.97 Å². The minimum Gasteiger partial charge on any atom is -0.276 e. The highest BCUT2D eigenvalue weighted by molar-refractivity contribution is 7.26. The molecule has 11 aromatic rings. The van der Waals surface area contributed by atoms with Crippen LogP contribution in [0.4, 0.5) is 0 Å². The smallest absolute Gasteiger partial charge is 0.238 e. The van der Waals surface area contributed by atoms with E-state index in [1.54, 1.807) is 0 Å². The van der Waals surface area contributed by atoms with E-state index in [0.29, 0.717) is 17.6 Å². The number of aromatic nitrogens is 4. The van der Waals surface area contributed by atoms with Crippen LogP contribution in [0, 0.1) is 0 Å². The van der Waals surface area contributed by atoms with Crippen LogP contribution < -0.4 is 0 Å². The van der Waals surface area contributed by atoms with Crippen LogP contribution in [0.3, 0.4) is 0 Å². The molecule has 8 aromatic carbocycles. The maximum Gasteiger partial charge on any atom is 0.238 e. The molecule has 0 N–H and O–H groups in total. The van der Waals surface area contributed by atoms with Crippen LogP contribution in [0.2, 0.25) is 0 Å². The second-order valence-corrected chi connectivity index (χ2v) is 15.8. The lowest BCUT2D eigenvalue weighted by Crippen LogP contribution is -2.28. The summed E-state index contributed by atoms with van der Waals surface area (Å²) in [5, 5.41) is 4.80. The monoisotopic (exact) mass is 744 g/mol. The highest BCUT2D eigenvalue weighted by Gasteiger charge is 2.46. The van der Waals surface area contributed by atoms with Crippen LogP contribution in [-0.2, 0) is 5.41 Å². The number of nitrogens with zero attached hydrogens (tertiary/aromatic N) is 4. The normalized spacial score (nSPS) is 13.1. The molecule has 266 valence electrons. The van der Waals surface area contributed by atoms with Gasteiger partial charge in [0.2, 0.25) is 5.95 Å². The van der Waals surface area contributed by atoms with Crippen molar-refractivity contribution >= 4 is 53.3 Å². The lowest BCUT2D eigenvalue weighted by Gasteiger charge is -2.34. The van der Waals surface area contributed by atoms with Gasteiger partial charge in [-0.15, -0.1) is 11.3 Å². The fraction of sp³-hybridized carbons (Fsp3) is 0.0192. The van der Waals surface area contributed by atoms with Crippen LogP contribution in [0.25, 0.3) is 81.8 Å². The Morgan fingerprint density at radius 2 is 0.965 bits per heavy atom. The number of rotatable bonds is 5. The van der Waals surface area contributed by atoms with Crippen molar-refractivity contribution in [1.29, 1.82) is 0 Å². The summed E-state index contributed by atoms with van der Waals surface area (Å²) in [6.45, 7) is 0. The second kappa shape index (κ2) is 12.4. The van der Waals surface area contributed by atoms with Crippen molar-refractivity contribution in [1.82, 2.24) is 19.5 Å². The van der Waals surface area contributed by atoms with Crippen LogP contribution in [-0.4, -0.2) is 19.5 Å². The Kier molecular flexibility index (Phi) is 6.98. The zero-order valence-corrected chi connectivity index (χ0v) is 31.5. The molecular formula is C52H32N4S. The van der Waals surface area contributed by atoms with Gasteiger partial charge < -0.3 is 0 Å². The molecule has 5 heteroatoms. The molecule has 0 bridgehead atoms. The molecule has 3 heterocycles. The zero-order chi connectivity index (χ0) is 37.5. The number of thiophene rings is 1. The van der Waals surface area contributed by atoms with Gasteiger partial charge in [-0.3, -0.25) is 4.57 Å². The Bertz CT molecular complexity index is 3250. The number of fused-ring (bicyclic) bond motifs is 10. The fourth-order valence-electron chi connectivity index (χ4n) is 9.33. The van der Waals surface area contributed by atoms with E-state index < -0.39 is 5.41 Å². The molecule has 0 saturated carbocycles. The zero-order valence-electron chi connectivity index (χ0n) is 30.7. The molecule has 1 aliphatic carbocycles. The third-order valence-electron chi connectivity index (χ3n) is 11.8. The average molecular weight is 745 g/mol. The van der Waals surface area contributed by atoms with Crippen molar-refractivity contribution in [2.75, 3.05) is 0 Å². The Morgan fingerprint density at radius 1 is 0.421 bits per heavy atom. The average Bonchev–Trinajstić information content (AvgIpc) is 3.93. The lowest BCUT2D eigenvalue weighted by molar-refractivity contribution is 0.769. The Morgan fingerprint density at radius 3 is 1.63 bits per heavy atom. The summed E-state index contributed by atoms with van der Waals surface area (Å²) in [5.41, 5.74) is 11.0. The van der Waals surface area contributed by atoms with E-state index in [-0.39, 0.29) is 0 Å². The van der Waals surface area contributed by atoms with Crippen molar-refractivity contribution in [2.24, 2.45) is 0 Å². The van der Waals surface area contributed by atoms with Gasteiger partial charge >= 0.3 is 0 Å². The highest BCUT2D eigenvalue weighted by atomic mass is 32.1. The Hall–Kier alpha value is -7.21. The van der Waals surface area contributed by atoms with Crippen molar-refractivity contribution < 1.29 is 0 Å². The number of hydrogen-bond donors (Lipinski definition) is 0. The molecule has 12 rings (SSSR count). The van der Waals surface area contributed by atoms with Gasteiger partial charge in [-0.05, 0) is 45.5 Å². The summed E-state index contributed by atoms with van der Waals surface area (Å²) < 4.78 is 4.78. The molecule has 1 aliphatic rings. The minimum atomic E-state index is -0.555. The van der Waals surface area contributed by atoms with Crippen molar-refractivity contribution in [3.63, 3.8) is 0 Å². The third-order valence-corrected chi connectivity index (χ3v) is 12.9. The summed E-state index contributed by atoms with van der Waals surface area (Å²) in [6.07, 6.45) is 0. The van der Waals surface area contributed by atoms with E-state index in [1.165, 1.54) is 58.9 Å². The van der Waals surface area contributed by atoms with E-state index in [1.807, 2.05) is 47.7 Å². The van der Waals surface area contributed by atoms with Gasteiger partial charge in [-0.1, -0.05) is 182 Å². The molecule has 0 fully saturated rings. The van der Waals surface area contributed by atoms with Gasteiger partial charge in [0.25, 0.3) is 0 Å². The minimum absolute atomic E-state index is 0.555. The van der Waals surface area contributed by atoms with E-state index in [0.717, 1.165) is 27.5 Å². The van der Waals surface area contributed by atoms with Crippen LogP contribution >= 0.6 is 11.3 Å². The van der Waals surface area contributed by atoms with Crippen LogP contribution in [0.1, 0.15) is 22.3 Å². The van der Waals surface area contributed by atoms with E-state index in [4.69, 9.17) is 15.0 Å². The predicted molar refractivity (Wildman–Crippen MR) is 235 cm³/mol. The SMILES string of the molecule is c1ccc(-c2nc(-c3ccccc3)nc(-n3c4cc(C5(c6ccccc6)c6ccccc6-c6ccccc65)ccc4c4ccc5c6ccccc6sc5c43)n2)cc1. The highest BCUT2D eigenvalue weighted by Crippen LogP contribution is 2.56. The molecule has 0 radical (unpaired) electrons. The van der Waals surface area contributed by atoms with Gasteiger partial charge in [0.1, 0.15) is 0 Å². The van der Waals surface area contributed by atoms with Gasteiger partial charge in [-0.25, -0.2) is 4.98 Å². The topological polar surface area (TPSA) is 43.6 Å². The quantitative estimate of drug-likeness (QED) is 0.176. The maximum absolute atomic E-state index is 5.35. The van der Waals surface area contributed by atoms with Crippen molar-refractivity contribution in [3.8, 4) is 39.9 Å². The predicted octanol–water partition coefficient (Wildman–Crippen LogP) is 13.0. The first-order valence-corrected chi connectivity index (χ1v) is 20.1. The molecule has 57 heavy (non-hydrogen) atoms. The lowest BCUT2D eigenvalue weighted by atomic mass is 9.67. The molecule has 0 unspecified atom stereocenters. The summed E-state index contributed by atoms with van der Waals surface area (Å²) in [6, 6.07) is 69.7. The van der Waals surface area contributed by atoms with Crippen LogP contribution in [0.15, 0.2) is 194 Å². The standard InChI is InChI=1S/C52H32N4S/c1-4-16-33(17-5-1)49-53-50(34-18-6-2-7-19-34)55-51(54-49)56-45-32-36(28-29-39(45)41-30-31-42-40-24-12-15-27-46(40)57-48(42)47(41)56)52(35-20-8-3-9-21-35)43-25-13-10-22-37(43)38-23-11-14-26-44(38)52/h1-32H. The largest absolute Gasteiger partial charge is 0.276 e. The molecule has 0 spiro atoms. The molecule has 0 saturated heterocycles. The fourth-order valence-corrected chi connectivity index (χ4v) is 10.6. The molecule has 0 aliphatic heterocycles. The summed E-state index contributed by atoms with van der Waals surface area (Å²) in [4.78, 5) is 15.8.